The van der Waals surface area contributed by atoms with Crippen LogP contribution in [0.15, 0.2) is 71.2 Å². The molecule has 30 heavy (non-hydrogen) atoms. The first kappa shape index (κ1) is 20.7. The lowest BCUT2D eigenvalue weighted by Gasteiger charge is -2.33. The van der Waals surface area contributed by atoms with E-state index in [4.69, 9.17) is 18.9 Å². The van der Waals surface area contributed by atoms with Crippen LogP contribution in [0.3, 0.4) is 0 Å². The molecule has 0 bridgehead atoms. The molecule has 0 aliphatic heterocycles. The molecule has 0 aliphatic rings. The van der Waals surface area contributed by atoms with E-state index in [9.17, 15) is 0 Å². The number of hydrogen-bond donors (Lipinski definition) is 0. The van der Waals surface area contributed by atoms with Crippen molar-refractivity contribution in [3.63, 3.8) is 0 Å². The van der Waals surface area contributed by atoms with Crippen molar-refractivity contribution in [2.75, 3.05) is 28.4 Å². The van der Waals surface area contributed by atoms with Gasteiger partial charge in [0.15, 0.2) is 0 Å². The van der Waals surface area contributed by atoms with Crippen molar-refractivity contribution in [1.82, 2.24) is 0 Å². The summed E-state index contributed by atoms with van der Waals surface area (Å²) in [5, 5.41) is 4.13. The van der Waals surface area contributed by atoms with Crippen molar-refractivity contribution >= 4 is 37.5 Å². The molecule has 4 aromatic carbocycles. The molecular formula is C25H23BrO4. The van der Waals surface area contributed by atoms with Crippen molar-refractivity contribution in [2.24, 2.45) is 0 Å². The van der Waals surface area contributed by atoms with Crippen LogP contribution >= 0.6 is 15.9 Å². The predicted octanol–water partition coefficient (Wildman–Crippen LogP) is 6.27. The van der Waals surface area contributed by atoms with E-state index < -0.39 is 5.79 Å². The number of halogens is 1. The quantitative estimate of drug-likeness (QED) is 0.314. The number of hydrogen-bond acceptors (Lipinski definition) is 4. The highest BCUT2D eigenvalue weighted by Crippen LogP contribution is 2.42. The second-order valence-corrected chi connectivity index (χ2v) is 7.87. The van der Waals surface area contributed by atoms with Gasteiger partial charge in [-0.15, -0.1) is 0 Å². The van der Waals surface area contributed by atoms with E-state index in [2.05, 4.69) is 40.2 Å². The van der Waals surface area contributed by atoms with Crippen molar-refractivity contribution in [2.45, 2.75) is 5.79 Å². The Hall–Kier alpha value is -2.60. The highest BCUT2D eigenvalue weighted by Gasteiger charge is 2.37. The molecule has 4 aromatic rings. The average molecular weight is 467 g/mol. The van der Waals surface area contributed by atoms with E-state index in [0.29, 0.717) is 0 Å². The van der Waals surface area contributed by atoms with Gasteiger partial charge in [0, 0.05) is 35.2 Å². The molecule has 0 fully saturated rings. The Kier molecular flexibility index (Phi) is 5.69. The third-order valence-electron chi connectivity index (χ3n) is 5.52. The van der Waals surface area contributed by atoms with Gasteiger partial charge in [-0.05, 0) is 64.7 Å². The van der Waals surface area contributed by atoms with Crippen molar-refractivity contribution < 1.29 is 18.9 Å². The molecule has 4 nitrogen and oxygen atoms in total. The minimum Gasteiger partial charge on any atom is -0.497 e. The van der Waals surface area contributed by atoms with Crippen LogP contribution in [-0.2, 0) is 15.3 Å². The van der Waals surface area contributed by atoms with Gasteiger partial charge in [0.1, 0.15) is 11.5 Å². The Morgan fingerprint density at radius 2 is 1.40 bits per heavy atom. The summed E-state index contributed by atoms with van der Waals surface area (Å²) in [4.78, 5) is 0. The summed E-state index contributed by atoms with van der Waals surface area (Å²) >= 11 is 3.54. The van der Waals surface area contributed by atoms with Crippen LogP contribution in [0.4, 0.5) is 0 Å². The number of methoxy groups -OCH3 is 4. The lowest BCUT2D eigenvalue weighted by atomic mass is 9.90. The summed E-state index contributed by atoms with van der Waals surface area (Å²) in [6.07, 6.45) is 0. The highest BCUT2D eigenvalue weighted by molar-refractivity contribution is 9.10. The van der Waals surface area contributed by atoms with Crippen molar-refractivity contribution in [3.8, 4) is 11.5 Å². The normalized spacial score (nSPS) is 11.8. The zero-order chi connectivity index (χ0) is 21.3. The molecule has 0 aliphatic carbocycles. The fourth-order valence-corrected chi connectivity index (χ4v) is 4.39. The summed E-state index contributed by atoms with van der Waals surface area (Å²) in [7, 11) is 6.64. The molecular weight excluding hydrogens is 444 g/mol. The van der Waals surface area contributed by atoms with E-state index in [1.807, 2.05) is 42.5 Å². The fraction of sp³-hybridized carbons (Fsp3) is 0.200. The van der Waals surface area contributed by atoms with Crippen molar-refractivity contribution in [3.05, 3.63) is 82.3 Å². The first-order valence-electron chi connectivity index (χ1n) is 9.51. The van der Waals surface area contributed by atoms with Crippen LogP contribution in [0.2, 0.25) is 0 Å². The average Bonchev–Trinajstić information content (AvgIpc) is 2.79. The summed E-state index contributed by atoms with van der Waals surface area (Å²) in [6, 6.07) is 22.2. The van der Waals surface area contributed by atoms with Crippen molar-refractivity contribution in [1.29, 1.82) is 0 Å². The van der Waals surface area contributed by atoms with E-state index >= 15 is 0 Å². The molecule has 0 spiro atoms. The van der Waals surface area contributed by atoms with Crippen LogP contribution in [-0.4, -0.2) is 28.4 Å². The van der Waals surface area contributed by atoms with Gasteiger partial charge >= 0.3 is 0 Å². The number of benzene rings is 4. The summed E-state index contributed by atoms with van der Waals surface area (Å²) in [5.74, 6) is 0.431. The summed E-state index contributed by atoms with van der Waals surface area (Å²) in [5.41, 5.74) is 1.77. The fourth-order valence-electron chi connectivity index (χ4n) is 4.01. The Labute approximate surface area is 184 Å². The van der Waals surface area contributed by atoms with Gasteiger partial charge in [-0.2, -0.15) is 0 Å². The Balaban J connectivity index is 2.01. The van der Waals surface area contributed by atoms with Gasteiger partial charge in [-0.1, -0.05) is 34.1 Å². The van der Waals surface area contributed by atoms with E-state index in [0.717, 1.165) is 48.6 Å². The molecule has 0 unspecified atom stereocenters. The van der Waals surface area contributed by atoms with Gasteiger partial charge < -0.3 is 18.9 Å². The van der Waals surface area contributed by atoms with Gasteiger partial charge in [-0.25, -0.2) is 0 Å². The smallest absolute Gasteiger partial charge is 0.222 e. The van der Waals surface area contributed by atoms with E-state index in [1.165, 1.54) is 0 Å². The third kappa shape index (κ3) is 3.33. The van der Waals surface area contributed by atoms with Crippen LogP contribution in [0.25, 0.3) is 21.5 Å². The lowest BCUT2D eigenvalue weighted by Crippen LogP contribution is -2.32. The minimum absolute atomic E-state index is 0.751. The SMILES string of the molecule is COc1ccc2c(OC)ccc(C(OC)(OC)c3ccc4cc(Br)ccc4c3)c2c1. The zero-order valence-corrected chi connectivity index (χ0v) is 18.9. The maximum absolute atomic E-state index is 6.07. The van der Waals surface area contributed by atoms with Crippen LogP contribution in [0.5, 0.6) is 11.5 Å². The van der Waals surface area contributed by atoms with Crippen LogP contribution < -0.4 is 9.47 Å². The van der Waals surface area contributed by atoms with Crippen LogP contribution in [0.1, 0.15) is 11.1 Å². The predicted molar refractivity (Wildman–Crippen MR) is 123 cm³/mol. The van der Waals surface area contributed by atoms with Gasteiger partial charge in [-0.3, -0.25) is 0 Å². The molecule has 5 heteroatoms. The largest absolute Gasteiger partial charge is 0.497 e. The Bertz CT molecular complexity index is 1210. The zero-order valence-electron chi connectivity index (χ0n) is 17.4. The van der Waals surface area contributed by atoms with E-state index in [-0.39, 0.29) is 0 Å². The highest BCUT2D eigenvalue weighted by atomic mass is 79.9. The summed E-state index contributed by atoms with van der Waals surface area (Å²) < 4.78 is 24.3. The first-order chi connectivity index (χ1) is 14.6. The molecule has 0 N–H and O–H groups in total. The standard InChI is InChI=1S/C25H23BrO4/c1-27-20-9-10-21-22(15-20)23(11-12-24(21)28-2)25(29-3,30-4)18-7-5-17-14-19(26)8-6-16(17)13-18/h5-15H,1-4H3. The molecule has 0 radical (unpaired) electrons. The monoisotopic (exact) mass is 466 g/mol. The topological polar surface area (TPSA) is 36.9 Å². The number of rotatable bonds is 6. The first-order valence-corrected chi connectivity index (χ1v) is 10.3. The van der Waals surface area contributed by atoms with E-state index in [1.54, 1.807) is 28.4 Å². The Morgan fingerprint density at radius 3 is 2.10 bits per heavy atom. The molecule has 0 saturated carbocycles. The van der Waals surface area contributed by atoms with Crippen LogP contribution in [0, 0.1) is 0 Å². The second kappa shape index (κ2) is 8.26. The Morgan fingerprint density at radius 1 is 0.667 bits per heavy atom. The molecule has 0 aromatic heterocycles. The maximum atomic E-state index is 6.07. The molecule has 0 amide bonds. The summed E-state index contributed by atoms with van der Waals surface area (Å²) in [6.45, 7) is 0. The molecule has 0 atom stereocenters. The van der Waals surface area contributed by atoms with Gasteiger partial charge in [0.2, 0.25) is 5.79 Å². The minimum atomic E-state index is -1.10. The molecule has 4 rings (SSSR count). The number of ether oxygens (including phenoxy) is 4. The van der Waals surface area contributed by atoms with Gasteiger partial charge in [0.25, 0.3) is 0 Å². The second-order valence-electron chi connectivity index (χ2n) is 6.96. The third-order valence-corrected chi connectivity index (χ3v) is 6.01. The maximum Gasteiger partial charge on any atom is 0.222 e. The lowest BCUT2D eigenvalue weighted by molar-refractivity contribution is -0.182. The molecule has 154 valence electrons. The molecule has 0 saturated heterocycles. The molecule has 0 heterocycles. The number of fused-ring (bicyclic) bond motifs is 2. The van der Waals surface area contributed by atoms with Gasteiger partial charge in [0.05, 0.1) is 14.2 Å².